The average molecular weight is 681 g/mol. The molecular formula is C40H48N4O6. The third kappa shape index (κ3) is 10.2. The highest BCUT2D eigenvalue weighted by Gasteiger charge is 2.34. The summed E-state index contributed by atoms with van der Waals surface area (Å²) in [7, 11) is 1.99. The predicted octanol–water partition coefficient (Wildman–Crippen LogP) is 6.50. The molecule has 1 saturated heterocycles. The lowest BCUT2D eigenvalue weighted by molar-refractivity contribution is -0.253. The first kappa shape index (κ1) is 36.7. The molecule has 5 rings (SSSR count). The Kier molecular flexibility index (Phi) is 13.1. The van der Waals surface area contributed by atoms with Crippen LogP contribution in [0, 0.1) is 0 Å². The van der Waals surface area contributed by atoms with Gasteiger partial charge in [0.05, 0.1) is 36.3 Å². The minimum absolute atomic E-state index is 0.0304. The van der Waals surface area contributed by atoms with Crippen molar-refractivity contribution in [1.29, 1.82) is 0 Å². The van der Waals surface area contributed by atoms with E-state index in [1.54, 1.807) is 12.1 Å². The lowest BCUT2D eigenvalue weighted by Crippen LogP contribution is -2.43. The van der Waals surface area contributed by atoms with Crippen molar-refractivity contribution in [2.45, 2.75) is 76.3 Å². The Hall–Kier alpha value is -4.58. The third-order valence-corrected chi connectivity index (χ3v) is 9.16. The number of likely N-dealkylation sites (N-methyl/N-ethyl adjacent to an activating group) is 1. The van der Waals surface area contributed by atoms with Crippen LogP contribution in [0.1, 0.15) is 79.8 Å². The second kappa shape index (κ2) is 17.9. The van der Waals surface area contributed by atoms with Gasteiger partial charge in [0.1, 0.15) is 0 Å². The zero-order valence-corrected chi connectivity index (χ0v) is 28.7. The fourth-order valence-corrected chi connectivity index (χ4v) is 6.03. The van der Waals surface area contributed by atoms with Crippen LogP contribution in [-0.4, -0.2) is 52.7 Å². The number of unbranched alkanes of at least 4 members (excludes halogenated alkanes) is 1. The van der Waals surface area contributed by atoms with Crippen molar-refractivity contribution in [3.05, 3.63) is 125 Å². The van der Waals surface area contributed by atoms with Crippen LogP contribution in [0.2, 0.25) is 0 Å². The van der Waals surface area contributed by atoms with E-state index in [-0.39, 0.29) is 36.7 Å². The molecule has 6 N–H and O–H groups in total. The van der Waals surface area contributed by atoms with E-state index < -0.39 is 12.4 Å². The summed E-state index contributed by atoms with van der Waals surface area (Å²) in [5.41, 5.74) is 11.1. The highest BCUT2D eigenvalue weighted by Crippen LogP contribution is 2.38. The zero-order valence-electron chi connectivity index (χ0n) is 28.7. The number of hydrogen-bond acceptors (Lipinski definition) is 8. The highest BCUT2D eigenvalue weighted by molar-refractivity contribution is 5.94. The minimum atomic E-state index is -0.652. The molecule has 50 heavy (non-hydrogen) atoms. The van der Waals surface area contributed by atoms with Crippen LogP contribution in [0.25, 0.3) is 0 Å². The first-order chi connectivity index (χ1) is 24.2. The van der Waals surface area contributed by atoms with Gasteiger partial charge in [-0.05, 0) is 67.8 Å². The van der Waals surface area contributed by atoms with E-state index in [0.717, 1.165) is 22.3 Å². The summed E-state index contributed by atoms with van der Waals surface area (Å²) in [6, 6.07) is 31.8. The van der Waals surface area contributed by atoms with Gasteiger partial charge in [-0.1, -0.05) is 78.9 Å². The Bertz CT molecular complexity index is 1670. The zero-order chi connectivity index (χ0) is 35.5. The highest BCUT2D eigenvalue weighted by atomic mass is 16.7. The molecule has 264 valence electrons. The summed E-state index contributed by atoms with van der Waals surface area (Å²) in [6.07, 6.45) is 0.604. The Morgan fingerprint density at radius 3 is 2.12 bits per heavy atom. The number of para-hydroxylation sites is 2. The van der Waals surface area contributed by atoms with Crippen molar-refractivity contribution in [2.24, 2.45) is 0 Å². The van der Waals surface area contributed by atoms with Gasteiger partial charge in [0, 0.05) is 43.1 Å². The van der Waals surface area contributed by atoms with E-state index in [2.05, 4.69) is 15.5 Å². The molecule has 0 saturated carbocycles. The number of hydrogen-bond donors (Lipinski definition) is 5. The largest absolute Gasteiger partial charge is 0.397 e. The second-order valence-corrected chi connectivity index (χ2v) is 12.9. The number of anilines is 3. The van der Waals surface area contributed by atoms with Crippen molar-refractivity contribution in [3.63, 3.8) is 0 Å². The van der Waals surface area contributed by atoms with Gasteiger partial charge in [-0.3, -0.25) is 14.5 Å². The predicted molar refractivity (Wildman–Crippen MR) is 195 cm³/mol. The van der Waals surface area contributed by atoms with Crippen LogP contribution in [0.15, 0.2) is 103 Å². The fraction of sp³-hybridized carbons (Fsp3) is 0.350. The van der Waals surface area contributed by atoms with E-state index in [4.69, 9.17) is 15.2 Å². The number of amides is 2. The third-order valence-electron chi connectivity index (χ3n) is 9.16. The van der Waals surface area contributed by atoms with Crippen molar-refractivity contribution in [1.82, 2.24) is 4.90 Å². The topological polar surface area (TPSA) is 146 Å². The van der Waals surface area contributed by atoms with Gasteiger partial charge in [0.25, 0.3) is 0 Å². The number of nitrogens with two attached hydrogens (primary N) is 1. The van der Waals surface area contributed by atoms with Crippen LogP contribution in [-0.2, 0) is 25.7 Å². The summed E-state index contributed by atoms with van der Waals surface area (Å²) >= 11 is 0. The molecule has 2 amide bonds. The van der Waals surface area contributed by atoms with E-state index in [1.807, 2.05) is 105 Å². The van der Waals surface area contributed by atoms with Crippen LogP contribution in [0.4, 0.5) is 17.1 Å². The van der Waals surface area contributed by atoms with Crippen LogP contribution < -0.4 is 16.4 Å². The minimum Gasteiger partial charge on any atom is -0.397 e. The molecule has 4 aromatic carbocycles. The first-order valence-corrected chi connectivity index (χ1v) is 17.2. The van der Waals surface area contributed by atoms with E-state index in [1.165, 1.54) is 0 Å². The normalized spacial score (nSPS) is 18.7. The number of nitrogens with one attached hydrogen (secondary N) is 2. The second-order valence-electron chi connectivity index (χ2n) is 12.9. The SMILES string of the molecule is C[C@@H]([C@H](O)c1ccccc1)N(C)C[C@H]1C[C@@H](c2ccc(CO)cc2)O[C@@H](c2ccc(NC(=O)CCCCC(=O)Nc3ccccc3N)cc2)O1. The lowest BCUT2D eigenvalue weighted by Gasteiger charge is -2.39. The van der Waals surface area contributed by atoms with Gasteiger partial charge in [-0.2, -0.15) is 0 Å². The molecular weight excluding hydrogens is 632 g/mol. The van der Waals surface area contributed by atoms with Crippen molar-refractivity contribution in [2.75, 3.05) is 30.0 Å². The fourth-order valence-electron chi connectivity index (χ4n) is 6.03. The van der Waals surface area contributed by atoms with E-state index in [0.29, 0.717) is 55.7 Å². The number of nitrogens with zero attached hydrogens (tertiary/aromatic N) is 1. The summed E-state index contributed by atoms with van der Waals surface area (Å²) in [5, 5.41) is 26.3. The number of nitrogen functional groups attached to an aromatic ring is 1. The number of benzene rings is 4. The monoisotopic (exact) mass is 680 g/mol. The molecule has 0 bridgehead atoms. The van der Waals surface area contributed by atoms with Gasteiger partial charge in [-0.25, -0.2) is 0 Å². The quantitative estimate of drug-likeness (QED) is 0.0707. The Balaban J connectivity index is 1.17. The van der Waals surface area contributed by atoms with E-state index in [9.17, 15) is 19.8 Å². The number of carbonyl (C=O) groups is 2. The van der Waals surface area contributed by atoms with Gasteiger partial charge >= 0.3 is 0 Å². The van der Waals surface area contributed by atoms with Crippen LogP contribution in [0.3, 0.4) is 0 Å². The summed E-state index contributed by atoms with van der Waals surface area (Å²) in [4.78, 5) is 27.0. The van der Waals surface area contributed by atoms with Gasteiger partial charge in [0.2, 0.25) is 11.8 Å². The van der Waals surface area contributed by atoms with Gasteiger partial charge < -0.3 is 36.1 Å². The molecule has 1 fully saturated rings. The van der Waals surface area contributed by atoms with Crippen molar-refractivity contribution < 1.29 is 29.3 Å². The van der Waals surface area contributed by atoms with Crippen molar-refractivity contribution in [3.8, 4) is 0 Å². The molecule has 0 spiro atoms. The lowest BCUT2D eigenvalue weighted by atomic mass is 9.98. The molecule has 0 unspecified atom stereocenters. The summed E-state index contributed by atoms with van der Waals surface area (Å²) in [5.74, 6) is -0.263. The van der Waals surface area contributed by atoms with Crippen molar-refractivity contribution >= 4 is 28.9 Å². The van der Waals surface area contributed by atoms with Crippen LogP contribution >= 0.6 is 0 Å². The van der Waals surface area contributed by atoms with Gasteiger partial charge in [0.15, 0.2) is 6.29 Å². The Morgan fingerprint density at radius 2 is 1.46 bits per heavy atom. The number of rotatable bonds is 15. The molecule has 10 heteroatoms. The molecule has 0 radical (unpaired) electrons. The summed E-state index contributed by atoms with van der Waals surface area (Å²) < 4.78 is 13.0. The molecule has 1 heterocycles. The molecule has 0 aliphatic carbocycles. The maximum Gasteiger partial charge on any atom is 0.224 e. The van der Waals surface area contributed by atoms with Crippen LogP contribution in [0.5, 0.6) is 0 Å². The number of carbonyl (C=O) groups excluding carboxylic acids is 2. The molecule has 0 aromatic heterocycles. The Morgan fingerprint density at radius 1 is 0.840 bits per heavy atom. The maximum atomic E-state index is 12.6. The standard InChI is InChI=1S/C40H48N4O6/c1-27(39(48)30-10-4-3-5-11-30)44(2)25-33-24-36(29-18-16-28(26-45)17-19-29)50-40(49-33)31-20-22-32(23-21-31)42-37(46)14-8-9-15-38(47)43-35-13-7-6-12-34(35)41/h3-7,10-13,16-23,27,33,36,39-40,45,48H,8-9,14-15,24-26,41H2,1-2H3,(H,42,46)(H,43,47)/t27-,33+,36-,39-,40-/m0/s1. The van der Waals surface area contributed by atoms with Gasteiger partial charge in [-0.15, -0.1) is 0 Å². The number of ether oxygens (including phenoxy) is 2. The molecule has 1 aliphatic heterocycles. The summed E-state index contributed by atoms with van der Waals surface area (Å²) in [6.45, 7) is 2.55. The van der Waals surface area contributed by atoms with E-state index >= 15 is 0 Å². The first-order valence-electron chi connectivity index (χ1n) is 17.2. The number of aliphatic hydroxyl groups excluding tert-OH is 2. The molecule has 10 nitrogen and oxygen atoms in total. The molecule has 4 aromatic rings. The smallest absolute Gasteiger partial charge is 0.224 e. The average Bonchev–Trinajstić information content (AvgIpc) is 3.14. The molecule has 1 aliphatic rings. The maximum absolute atomic E-state index is 12.6. The Labute approximate surface area is 294 Å². The molecule has 5 atom stereocenters. The number of aliphatic hydroxyl groups is 2.